The number of alkyl halides is 3. The summed E-state index contributed by atoms with van der Waals surface area (Å²) in [5.74, 6) is -1.98. The molecule has 0 spiro atoms. The van der Waals surface area contributed by atoms with Crippen LogP contribution < -0.4 is 10.1 Å². The van der Waals surface area contributed by atoms with Gasteiger partial charge in [0.25, 0.3) is 0 Å². The number of carbonyl (C=O) groups excluding carboxylic acids is 3. The van der Waals surface area contributed by atoms with Crippen LogP contribution in [0.5, 0.6) is 5.75 Å². The molecule has 5 nitrogen and oxygen atoms in total. The molecule has 0 fully saturated rings. The van der Waals surface area contributed by atoms with Crippen molar-refractivity contribution >= 4 is 28.8 Å². The molecule has 1 atom stereocenters. The minimum atomic E-state index is -4.65. The van der Waals surface area contributed by atoms with Gasteiger partial charge in [0, 0.05) is 6.92 Å². The lowest BCUT2D eigenvalue weighted by Crippen LogP contribution is -2.39. The van der Waals surface area contributed by atoms with E-state index in [1.807, 2.05) is 0 Å². The number of hydrogen-bond donors (Lipinski definition) is 1. The molecule has 126 valence electrons. The smallest absolute Gasteiger partial charge is 0.416 e. The van der Waals surface area contributed by atoms with E-state index < -0.39 is 40.5 Å². The molecular weight excluding hydrogens is 335 g/mol. The fourth-order valence-corrected chi connectivity index (χ4v) is 2.01. The van der Waals surface area contributed by atoms with Gasteiger partial charge in [0.2, 0.25) is 11.0 Å². The molecule has 0 aliphatic carbocycles. The molecule has 9 heteroatoms. The van der Waals surface area contributed by atoms with Gasteiger partial charge in [-0.2, -0.15) is 13.2 Å². The summed E-state index contributed by atoms with van der Waals surface area (Å²) in [6, 6.07) is 1.20. The van der Waals surface area contributed by atoms with E-state index in [2.05, 4.69) is 5.32 Å². The number of carbonyl (C=O) groups is 3. The van der Waals surface area contributed by atoms with Gasteiger partial charge in [0.05, 0.1) is 11.1 Å². The van der Waals surface area contributed by atoms with Crippen molar-refractivity contribution in [3.63, 3.8) is 0 Å². The zero-order chi connectivity index (χ0) is 17.8. The van der Waals surface area contributed by atoms with Gasteiger partial charge in [0.15, 0.2) is 0 Å². The van der Waals surface area contributed by atoms with Crippen LogP contribution in [0.1, 0.15) is 29.8 Å². The lowest BCUT2D eigenvalue weighted by atomic mass is 10.1. The number of esters is 1. The number of ether oxygens (including phenoxy) is 1. The molecule has 1 amide bonds. The highest BCUT2D eigenvalue weighted by Gasteiger charge is 2.32. The van der Waals surface area contributed by atoms with Gasteiger partial charge in [-0.25, -0.2) is 4.79 Å². The zero-order valence-corrected chi connectivity index (χ0v) is 13.3. The third-order valence-electron chi connectivity index (χ3n) is 2.70. The lowest BCUT2D eigenvalue weighted by molar-refractivity contribution is -0.140. The molecule has 0 heterocycles. The fraction of sp³-hybridized carbons (Fsp3) is 0.357. The Labute approximate surface area is 134 Å². The number of thioether (sulfide) groups is 1. The minimum Gasteiger partial charge on any atom is -0.424 e. The van der Waals surface area contributed by atoms with Gasteiger partial charge in [-0.05, 0) is 31.4 Å². The normalized spacial score (nSPS) is 12.4. The van der Waals surface area contributed by atoms with Crippen LogP contribution in [-0.4, -0.2) is 29.3 Å². The zero-order valence-electron chi connectivity index (χ0n) is 12.5. The first-order valence-corrected chi connectivity index (χ1v) is 7.57. The van der Waals surface area contributed by atoms with Crippen LogP contribution in [0.15, 0.2) is 18.2 Å². The minimum absolute atomic E-state index is 0.158. The Morgan fingerprint density at radius 1 is 1.26 bits per heavy atom. The predicted molar refractivity (Wildman–Crippen MR) is 78.2 cm³/mol. The molecule has 0 bridgehead atoms. The molecule has 0 aliphatic heterocycles. The van der Waals surface area contributed by atoms with Gasteiger partial charge in [-0.1, -0.05) is 11.8 Å². The maximum Gasteiger partial charge on any atom is 0.416 e. The van der Waals surface area contributed by atoms with Crippen molar-refractivity contribution in [2.24, 2.45) is 0 Å². The number of halogens is 3. The molecule has 1 aromatic carbocycles. The largest absolute Gasteiger partial charge is 0.424 e. The SMILES string of the molecule is CSC(=O)c1ccc(C(F)(F)F)cc1OC(=O)C(C)NC(C)=O. The van der Waals surface area contributed by atoms with Gasteiger partial charge >= 0.3 is 12.1 Å². The van der Waals surface area contributed by atoms with Crippen molar-refractivity contribution in [2.75, 3.05) is 6.26 Å². The summed E-state index contributed by atoms with van der Waals surface area (Å²) in [4.78, 5) is 34.5. The van der Waals surface area contributed by atoms with Crippen LogP contribution in [0, 0.1) is 0 Å². The van der Waals surface area contributed by atoms with Crippen LogP contribution in [-0.2, 0) is 15.8 Å². The molecule has 0 saturated carbocycles. The van der Waals surface area contributed by atoms with Crippen molar-refractivity contribution in [1.82, 2.24) is 5.32 Å². The Kier molecular flexibility index (Phi) is 6.20. The van der Waals surface area contributed by atoms with Crippen LogP contribution in [0.3, 0.4) is 0 Å². The van der Waals surface area contributed by atoms with Crippen LogP contribution in [0.2, 0.25) is 0 Å². The third-order valence-corrected chi connectivity index (χ3v) is 3.29. The summed E-state index contributed by atoms with van der Waals surface area (Å²) < 4.78 is 43.2. The first kappa shape index (κ1) is 19.0. The molecule has 0 saturated heterocycles. The molecule has 0 aromatic heterocycles. The molecule has 0 radical (unpaired) electrons. The van der Waals surface area contributed by atoms with Gasteiger partial charge in [0.1, 0.15) is 11.8 Å². The highest BCUT2D eigenvalue weighted by Crippen LogP contribution is 2.34. The summed E-state index contributed by atoms with van der Waals surface area (Å²) in [7, 11) is 0. The molecular formula is C14H14F3NO4S. The fourth-order valence-electron chi connectivity index (χ4n) is 1.62. The topological polar surface area (TPSA) is 72.5 Å². The van der Waals surface area contributed by atoms with E-state index in [0.717, 1.165) is 23.9 Å². The Balaban J connectivity index is 3.17. The number of amides is 1. The summed E-state index contributed by atoms with van der Waals surface area (Å²) in [5.41, 5.74) is -1.21. The number of rotatable bonds is 4. The van der Waals surface area contributed by atoms with Crippen LogP contribution in [0.4, 0.5) is 13.2 Å². The Hall–Kier alpha value is -2.03. The summed E-state index contributed by atoms with van der Waals surface area (Å²) in [6.45, 7) is 2.49. The van der Waals surface area contributed by atoms with Crippen molar-refractivity contribution in [1.29, 1.82) is 0 Å². The lowest BCUT2D eigenvalue weighted by Gasteiger charge is -2.15. The first-order valence-electron chi connectivity index (χ1n) is 6.34. The van der Waals surface area contributed by atoms with Gasteiger partial charge in [-0.15, -0.1) is 0 Å². The molecule has 1 rings (SSSR count). The second kappa shape index (κ2) is 7.49. The van der Waals surface area contributed by atoms with Crippen LogP contribution >= 0.6 is 11.8 Å². The quantitative estimate of drug-likeness (QED) is 0.668. The van der Waals surface area contributed by atoms with Crippen molar-refractivity contribution in [3.05, 3.63) is 29.3 Å². The highest BCUT2D eigenvalue weighted by atomic mass is 32.2. The van der Waals surface area contributed by atoms with Crippen molar-refractivity contribution in [2.45, 2.75) is 26.1 Å². The number of nitrogens with one attached hydrogen (secondary N) is 1. The standard InChI is InChI=1S/C14H14F3NO4S/c1-7(18-8(2)19)12(20)22-11-6-9(14(15,16)17)4-5-10(11)13(21)23-3/h4-7H,1-3H3,(H,18,19). The second-order valence-electron chi connectivity index (χ2n) is 4.54. The Bertz CT molecular complexity index is 631. The summed E-state index contributed by atoms with van der Waals surface area (Å²) in [5, 5.41) is 1.70. The van der Waals surface area contributed by atoms with E-state index in [1.165, 1.54) is 20.1 Å². The third kappa shape index (κ3) is 5.27. The van der Waals surface area contributed by atoms with E-state index in [-0.39, 0.29) is 5.56 Å². The Morgan fingerprint density at radius 3 is 2.35 bits per heavy atom. The number of benzene rings is 1. The van der Waals surface area contributed by atoms with Gasteiger partial charge in [-0.3, -0.25) is 9.59 Å². The maximum atomic E-state index is 12.8. The number of hydrogen-bond acceptors (Lipinski definition) is 5. The van der Waals surface area contributed by atoms with Gasteiger partial charge < -0.3 is 10.1 Å². The van der Waals surface area contributed by atoms with E-state index in [9.17, 15) is 27.6 Å². The van der Waals surface area contributed by atoms with E-state index >= 15 is 0 Å². The van der Waals surface area contributed by atoms with E-state index in [4.69, 9.17) is 4.74 Å². The summed E-state index contributed by atoms with van der Waals surface area (Å²) >= 11 is 0.770. The molecule has 1 unspecified atom stereocenters. The van der Waals surface area contributed by atoms with E-state index in [0.29, 0.717) is 6.07 Å². The average Bonchev–Trinajstić information content (AvgIpc) is 2.44. The van der Waals surface area contributed by atoms with Crippen LogP contribution in [0.25, 0.3) is 0 Å². The molecule has 1 N–H and O–H groups in total. The maximum absolute atomic E-state index is 12.8. The molecule has 1 aromatic rings. The Morgan fingerprint density at radius 2 is 1.87 bits per heavy atom. The summed E-state index contributed by atoms with van der Waals surface area (Å²) in [6.07, 6.45) is -3.20. The van der Waals surface area contributed by atoms with Crippen molar-refractivity contribution in [3.8, 4) is 5.75 Å². The average molecular weight is 349 g/mol. The predicted octanol–water partition coefficient (Wildman–Crippen LogP) is 2.64. The first-order chi connectivity index (χ1) is 10.6. The molecule has 23 heavy (non-hydrogen) atoms. The monoisotopic (exact) mass is 349 g/mol. The molecule has 0 aliphatic rings. The van der Waals surface area contributed by atoms with E-state index in [1.54, 1.807) is 0 Å². The van der Waals surface area contributed by atoms with Crippen molar-refractivity contribution < 1.29 is 32.3 Å². The highest BCUT2D eigenvalue weighted by molar-refractivity contribution is 8.13. The second-order valence-corrected chi connectivity index (χ2v) is 5.32.